The molecule has 1 aliphatic rings. The van der Waals surface area contributed by atoms with Crippen LogP contribution < -0.4 is 0 Å². The number of carbonyl (C=O) groups excluding carboxylic acids is 1. The fourth-order valence-corrected chi connectivity index (χ4v) is 5.13. The van der Waals surface area contributed by atoms with E-state index in [0.717, 1.165) is 58.3 Å². The van der Waals surface area contributed by atoms with Crippen molar-refractivity contribution in [2.24, 2.45) is 0 Å². The van der Waals surface area contributed by atoms with Gasteiger partial charge in [0.25, 0.3) is 0 Å². The van der Waals surface area contributed by atoms with E-state index in [2.05, 4.69) is 22.9 Å². The lowest BCUT2D eigenvalue weighted by atomic mass is 10.00. The van der Waals surface area contributed by atoms with Gasteiger partial charge in [0, 0.05) is 29.6 Å². The van der Waals surface area contributed by atoms with E-state index in [1.807, 2.05) is 28.8 Å². The van der Waals surface area contributed by atoms with Crippen molar-refractivity contribution in [2.45, 2.75) is 56.1 Å². The first-order valence-electron chi connectivity index (χ1n) is 10.1. The molecule has 7 heteroatoms. The van der Waals surface area contributed by atoms with Gasteiger partial charge in [-0.15, -0.1) is 0 Å². The first kappa shape index (κ1) is 20.2. The van der Waals surface area contributed by atoms with Crippen LogP contribution in [0.3, 0.4) is 0 Å². The van der Waals surface area contributed by atoms with Crippen molar-refractivity contribution in [2.75, 3.05) is 6.54 Å². The summed E-state index contributed by atoms with van der Waals surface area (Å²) in [7, 11) is 0. The molecule has 0 N–H and O–H groups in total. The highest BCUT2D eigenvalue weighted by Crippen LogP contribution is 2.28. The van der Waals surface area contributed by atoms with Gasteiger partial charge in [0.1, 0.15) is 6.54 Å². The minimum Gasteiger partial charge on any atom is -0.338 e. The van der Waals surface area contributed by atoms with E-state index in [4.69, 9.17) is 16.6 Å². The van der Waals surface area contributed by atoms with Crippen molar-refractivity contribution in [3.63, 3.8) is 0 Å². The summed E-state index contributed by atoms with van der Waals surface area (Å²) in [6.45, 7) is 3.32. The Kier molecular flexibility index (Phi) is 6.40. The molecule has 1 unspecified atom stereocenters. The molecule has 1 saturated heterocycles. The second kappa shape index (κ2) is 9.18. The molecule has 0 spiro atoms. The third kappa shape index (κ3) is 4.59. The van der Waals surface area contributed by atoms with Crippen molar-refractivity contribution in [3.05, 3.63) is 53.3 Å². The molecule has 2 aromatic heterocycles. The van der Waals surface area contributed by atoms with Crippen LogP contribution in [0.25, 0.3) is 11.0 Å². The lowest BCUT2D eigenvalue weighted by Gasteiger charge is -2.35. The highest BCUT2D eigenvalue weighted by Gasteiger charge is 2.26. The Bertz CT molecular complexity index is 1010. The molecule has 0 aliphatic carbocycles. The van der Waals surface area contributed by atoms with Crippen LogP contribution in [-0.4, -0.2) is 37.9 Å². The van der Waals surface area contributed by atoms with E-state index >= 15 is 0 Å². The predicted octanol–water partition coefficient (Wildman–Crippen LogP) is 5.17. The number of hydrogen-bond donors (Lipinski definition) is 0. The number of imidazole rings is 1. The lowest BCUT2D eigenvalue weighted by Crippen LogP contribution is -2.44. The molecule has 1 amide bonds. The fraction of sp³-hybridized carbons (Fsp3) is 0.409. The number of aromatic nitrogens is 3. The largest absolute Gasteiger partial charge is 0.338 e. The molecule has 3 aromatic rings. The number of piperidine rings is 1. The number of halogens is 1. The zero-order chi connectivity index (χ0) is 20.2. The quantitative estimate of drug-likeness (QED) is 0.508. The Morgan fingerprint density at radius 2 is 2.21 bits per heavy atom. The number of nitrogens with zero attached hydrogens (tertiary/aromatic N) is 4. The maximum Gasteiger partial charge on any atom is 0.242 e. The van der Waals surface area contributed by atoms with Crippen LogP contribution in [0.2, 0.25) is 5.02 Å². The Balaban J connectivity index is 1.58. The van der Waals surface area contributed by atoms with Crippen LogP contribution in [0.1, 0.15) is 38.2 Å². The summed E-state index contributed by atoms with van der Waals surface area (Å²) in [6.07, 6.45) is 7.95. The molecule has 1 atom stereocenters. The van der Waals surface area contributed by atoms with Gasteiger partial charge in [-0.05, 0) is 49.4 Å². The normalized spacial score (nSPS) is 17.0. The van der Waals surface area contributed by atoms with Crippen LogP contribution >= 0.6 is 23.4 Å². The topological polar surface area (TPSA) is 51.0 Å². The highest BCUT2D eigenvalue weighted by molar-refractivity contribution is 7.98. The summed E-state index contributed by atoms with van der Waals surface area (Å²) in [5.74, 6) is 0.914. The second-order valence-corrected chi connectivity index (χ2v) is 8.79. The van der Waals surface area contributed by atoms with Gasteiger partial charge in [0.05, 0.1) is 17.2 Å². The summed E-state index contributed by atoms with van der Waals surface area (Å²) in [5, 5.41) is 1.57. The van der Waals surface area contributed by atoms with Crippen molar-refractivity contribution in [1.29, 1.82) is 0 Å². The molecule has 4 rings (SSSR count). The number of benzene rings is 1. The molecule has 0 radical (unpaired) electrons. The average molecular weight is 429 g/mol. The number of thioether (sulfide) groups is 1. The Morgan fingerprint density at radius 3 is 3.03 bits per heavy atom. The molecule has 29 heavy (non-hydrogen) atoms. The zero-order valence-electron chi connectivity index (χ0n) is 16.6. The maximum absolute atomic E-state index is 13.2. The molecule has 0 saturated carbocycles. The standard InChI is InChI=1S/C22H25ClN4OS/c1-2-18-8-3-4-11-26(18)21(28)14-27-20-13-24-10-9-19(20)25-22(27)29-15-16-6-5-7-17(23)12-16/h5-7,9-10,12-13,18H,2-4,8,11,14-15H2,1H3. The molecular formula is C22H25ClN4OS. The van der Waals surface area contributed by atoms with Crippen molar-refractivity contribution < 1.29 is 4.79 Å². The summed E-state index contributed by atoms with van der Waals surface area (Å²) < 4.78 is 2.02. The summed E-state index contributed by atoms with van der Waals surface area (Å²) >= 11 is 7.74. The molecule has 1 fully saturated rings. The number of rotatable bonds is 6. The Hall–Kier alpha value is -2.05. The molecule has 152 valence electrons. The highest BCUT2D eigenvalue weighted by atomic mass is 35.5. The minimum absolute atomic E-state index is 0.171. The minimum atomic E-state index is 0.171. The Morgan fingerprint density at radius 1 is 1.31 bits per heavy atom. The van der Waals surface area contributed by atoms with E-state index in [1.54, 1.807) is 24.2 Å². The second-order valence-electron chi connectivity index (χ2n) is 7.41. The average Bonchev–Trinajstić information content (AvgIpc) is 3.09. The number of hydrogen-bond acceptors (Lipinski definition) is 4. The summed E-state index contributed by atoms with van der Waals surface area (Å²) in [4.78, 5) is 24.3. The van der Waals surface area contributed by atoms with Gasteiger partial charge >= 0.3 is 0 Å². The van der Waals surface area contributed by atoms with Gasteiger partial charge in [-0.3, -0.25) is 9.78 Å². The van der Waals surface area contributed by atoms with Crippen molar-refractivity contribution in [1.82, 2.24) is 19.4 Å². The molecule has 3 heterocycles. The van der Waals surface area contributed by atoms with E-state index in [-0.39, 0.29) is 5.91 Å². The monoisotopic (exact) mass is 428 g/mol. The maximum atomic E-state index is 13.2. The lowest BCUT2D eigenvalue weighted by molar-refractivity contribution is -0.135. The number of pyridine rings is 1. The third-order valence-electron chi connectivity index (χ3n) is 5.48. The van der Waals surface area contributed by atoms with Crippen LogP contribution in [-0.2, 0) is 17.1 Å². The van der Waals surface area contributed by atoms with Crippen LogP contribution in [0.5, 0.6) is 0 Å². The molecular weight excluding hydrogens is 404 g/mol. The summed E-state index contributed by atoms with van der Waals surface area (Å²) in [6, 6.07) is 10.1. The van der Waals surface area contributed by atoms with Gasteiger partial charge in [-0.2, -0.15) is 0 Å². The van der Waals surface area contributed by atoms with Gasteiger partial charge in [-0.1, -0.05) is 42.4 Å². The third-order valence-corrected chi connectivity index (χ3v) is 6.77. The van der Waals surface area contributed by atoms with Gasteiger partial charge in [0.2, 0.25) is 5.91 Å². The number of carbonyl (C=O) groups is 1. The van der Waals surface area contributed by atoms with Crippen LogP contribution in [0.4, 0.5) is 0 Å². The van der Waals surface area contributed by atoms with Crippen molar-refractivity contribution in [3.8, 4) is 0 Å². The van der Waals surface area contributed by atoms with Gasteiger partial charge < -0.3 is 9.47 Å². The van der Waals surface area contributed by atoms with Gasteiger partial charge in [0.15, 0.2) is 5.16 Å². The van der Waals surface area contributed by atoms with Gasteiger partial charge in [-0.25, -0.2) is 4.98 Å². The molecule has 0 bridgehead atoms. The van der Waals surface area contributed by atoms with Crippen LogP contribution in [0, 0.1) is 0 Å². The Labute approximate surface area is 180 Å². The van der Waals surface area contributed by atoms with E-state index in [0.29, 0.717) is 12.6 Å². The fourth-order valence-electron chi connectivity index (χ4n) is 3.96. The van der Waals surface area contributed by atoms with E-state index in [1.165, 1.54) is 6.42 Å². The van der Waals surface area contributed by atoms with E-state index < -0.39 is 0 Å². The summed E-state index contributed by atoms with van der Waals surface area (Å²) in [5.41, 5.74) is 2.90. The van der Waals surface area contributed by atoms with Crippen LogP contribution in [0.15, 0.2) is 47.9 Å². The molecule has 1 aliphatic heterocycles. The first-order chi connectivity index (χ1) is 14.2. The number of amides is 1. The van der Waals surface area contributed by atoms with E-state index in [9.17, 15) is 4.79 Å². The SMILES string of the molecule is CCC1CCCCN1C(=O)Cn1c(SCc2cccc(Cl)c2)nc2ccncc21. The molecule has 5 nitrogen and oxygen atoms in total. The first-order valence-corrected chi connectivity index (χ1v) is 11.5. The number of likely N-dealkylation sites (tertiary alicyclic amines) is 1. The zero-order valence-corrected chi connectivity index (χ0v) is 18.1. The predicted molar refractivity (Wildman–Crippen MR) is 118 cm³/mol. The molecule has 1 aromatic carbocycles. The smallest absolute Gasteiger partial charge is 0.242 e. The van der Waals surface area contributed by atoms with Crippen molar-refractivity contribution >= 4 is 40.3 Å². The number of fused-ring (bicyclic) bond motifs is 1.